The van der Waals surface area contributed by atoms with E-state index in [0.29, 0.717) is 22.3 Å². The van der Waals surface area contributed by atoms with Crippen molar-refractivity contribution in [1.82, 2.24) is 19.5 Å². The molecular formula is C14H10N4O2. The number of aryl methyl sites for hydroxylation is 1. The van der Waals surface area contributed by atoms with Crippen molar-refractivity contribution in [2.45, 2.75) is 6.92 Å². The first kappa shape index (κ1) is 11.0. The van der Waals surface area contributed by atoms with Gasteiger partial charge in [-0.1, -0.05) is 0 Å². The van der Waals surface area contributed by atoms with Crippen molar-refractivity contribution in [3.63, 3.8) is 0 Å². The summed E-state index contributed by atoms with van der Waals surface area (Å²) in [5.74, 6) is 0.656. The van der Waals surface area contributed by atoms with Gasteiger partial charge in [-0.05, 0) is 25.1 Å². The molecule has 6 heteroatoms. The Morgan fingerprint density at radius 1 is 1.20 bits per heavy atom. The summed E-state index contributed by atoms with van der Waals surface area (Å²) in [7, 11) is 0. The van der Waals surface area contributed by atoms with Gasteiger partial charge in [-0.3, -0.25) is 9.36 Å². The lowest BCUT2D eigenvalue weighted by atomic mass is 10.2. The van der Waals surface area contributed by atoms with Crippen LogP contribution in [0.2, 0.25) is 0 Å². The lowest BCUT2D eigenvalue weighted by molar-refractivity contribution is 0.540. The van der Waals surface area contributed by atoms with Crippen LogP contribution in [0.1, 0.15) is 5.56 Å². The number of aromatic nitrogens is 4. The van der Waals surface area contributed by atoms with Crippen LogP contribution in [0.5, 0.6) is 0 Å². The molecule has 0 radical (unpaired) electrons. The first-order valence-electron chi connectivity index (χ1n) is 6.13. The Morgan fingerprint density at radius 3 is 2.85 bits per heavy atom. The summed E-state index contributed by atoms with van der Waals surface area (Å²) in [5, 5.41) is 0.512. The van der Waals surface area contributed by atoms with Gasteiger partial charge >= 0.3 is 0 Å². The Balaban J connectivity index is 2.24. The molecule has 3 heterocycles. The number of hydrogen-bond acceptors (Lipinski definition) is 4. The summed E-state index contributed by atoms with van der Waals surface area (Å²) in [4.78, 5) is 23.3. The molecule has 1 N–H and O–H groups in total. The Morgan fingerprint density at radius 2 is 2.05 bits per heavy atom. The van der Waals surface area contributed by atoms with Gasteiger partial charge < -0.3 is 9.40 Å². The fraction of sp³-hybridized carbons (Fsp3) is 0.0714. The number of nitrogens with zero attached hydrogens (tertiary/aromatic N) is 3. The van der Waals surface area contributed by atoms with Crippen LogP contribution in [-0.4, -0.2) is 19.5 Å². The Labute approximate surface area is 112 Å². The van der Waals surface area contributed by atoms with Crippen LogP contribution < -0.4 is 5.56 Å². The quantitative estimate of drug-likeness (QED) is 0.572. The maximum atomic E-state index is 12.1. The van der Waals surface area contributed by atoms with E-state index in [1.54, 1.807) is 23.2 Å². The van der Waals surface area contributed by atoms with Crippen LogP contribution in [0.4, 0.5) is 0 Å². The zero-order chi connectivity index (χ0) is 13.7. The maximum absolute atomic E-state index is 12.1. The number of aromatic amines is 1. The average Bonchev–Trinajstić information content (AvgIpc) is 3.04. The summed E-state index contributed by atoms with van der Waals surface area (Å²) < 4.78 is 7.28. The monoisotopic (exact) mass is 266 g/mol. The van der Waals surface area contributed by atoms with Gasteiger partial charge in [0.05, 0.1) is 34.5 Å². The smallest absolute Gasteiger partial charge is 0.260 e. The molecule has 4 rings (SSSR count). The van der Waals surface area contributed by atoms with Gasteiger partial charge in [-0.2, -0.15) is 0 Å². The highest BCUT2D eigenvalue weighted by atomic mass is 16.3. The molecule has 3 aromatic heterocycles. The van der Waals surface area contributed by atoms with Crippen molar-refractivity contribution in [1.29, 1.82) is 0 Å². The second-order valence-corrected chi connectivity index (χ2v) is 4.58. The van der Waals surface area contributed by atoms with Crippen LogP contribution in [0.3, 0.4) is 0 Å². The lowest BCUT2D eigenvalue weighted by Gasteiger charge is -2.03. The first-order chi connectivity index (χ1) is 9.75. The summed E-state index contributed by atoms with van der Waals surface area (Å²) in [6, 6.07) is 5.51. The van der Waals surface area contributed by atoms with E-state index in [4.69, 9.17) is 4.42 Å². The van der Waals surface area contributed by atoms with Gasteiger partial charge in [0.1, 0.15) is 6.33 Å². The molecule has 0 atom stereocenters. The molecule has 0 spiro atoms. The van der Waals surface area contributed by atoms with Crippen LogP contribution in [0, 0.1) is 6.92 Å². The fourth-order valence-corrected chi connectivity index (χ4v) is 2.42. The van der Waals surface area contributed by atoms with Crippen molar-refractivity contribution in [2.24, 2.45) is 0 Å². The third-order valence-electron chi connectivity index (χ3n) is 3.37. The molecule has 0 saturated heterocycles. The highest BCUT2D eigenvalue weighted by Gasteiger charge is 2.14. The van der Waals surface area contributed by atoms with Crippen molar-refractivity contribution in [3.05, 3.63) is 53.0 Å². The largest absolute Gasteiger partial charge is 0.448 e. The molecule has 0 unspecified atom stereocenters. The van der Waals surface area contributed by atoms with Crippen LogP contribution >= 0.6 is 0 Å². The van der Waals surface area contributed by atoms with E-state index < -0.39 is 0 Å². The molecule has 98 valence electrons. The third-order valence-corrected chi connectivity index (χ3v) is 3.37. The number of rotatable bonds is 1. The van der Waals surface area contributed by atoms with E-state index in [9.17, 15) is 4.79 Å². The molecule has 1 aromatic carbocycles. The summed E-state index contributed by atoms with van der Waals surface area (Å²) in [6.45, 7) is 1.94. The first-order valence-corrected chi connectivity index (χ1v) is 6.13. The van der Waals surface area contributed by atoms with Crippen LogP contribution in [-0.2, 0) is 0 Å². The maximum Gasteiger partial charge on any atom is 0.260 e. The number of fused-ring (bicyclic) bond motifs is 3. The second kappa shape index (κ2) is 3.80. The van der Waals surface area contributed by atoms with Crippen molar-refractivity contribution in [2.75, 3.05) is 0 Å². The summed E-state index contributed by atoms with van der Waals surface area (Å²) >= 11 is 0. The molecule has 0 aliphatic rings. The van der Waals surface area contributed by atoms with Crippen molar-refractivity contribution >= 4 is 21.9 Å². The SMILES string of the molecule is Cc1ccoc1-n1cnc2ccc3nc[nH]c(=O)c3c21. The minimum Gasteiger partial charge on any atom is -0.448 e. The summed E-state index contributed by atoms with van der Waals surface area (Å²) in [6.07, 6.45) is 4.67. The fourth-order valence-electron chi connectivity index (χ4n) is 2.42. The highest BCUT2D eigenvalue weighted by Crippen LogP contribution is 2.25. The number of furan rings is 1. The van der Waals surface area contributed by atoms with E-state index >= 15 is 0 Å². The average molecular weight is 266 g/mol. The topological polar surface area (TPSA) is 76.7 Å². The molecule has 20 heavy (non-hydrogen) atoms. The third kappa shape index (κ3) is 1.36. The molecule has 4 aromatic rings. The predicted octanol–water partition coefficient (Wildman–Crippen LogP) is 2.16. The minimum atomic E-state index is -0.188. The lowest BCUT2D eigenvalue weighted by Crippen LogP contribution is -2.08. The number of hydrogen-bond donors (Lipinski definition) is 1. The Hall–Kier alpha value is -2.89. The van der Waals surface area contributed by atoms with Crippen molar-refractivity contribution < 1.29 is 4.42 Å². The molecule has 0 amide bonds. The molecule has 0 aliphatic carbocycles. The van der Waals surface area contributed by atoms with E-state index in [1.165, 1.54) is 6.33 Å². The molecule has 0 bridgehead atoms. The van der Waals surface area contributed by atoms with Gasteiger partial charge in [0.25, 0.3) is 5.56 Å². The number of imidazole rings is 1. The highest BCUT2D eigenvalue weighted by molar-refractivity contribution is 6.02. The van der Waals surface area contributed by atoms with Gasteiger partial charge in [-0.15, -0.1) is 0 Å². The standard InChI is InChI=1S/C14H10N4O2/c1-8-4-5-20-14(8)18-7-17-10-3-2-9-11(12(10)18)13(19)16-6-15-9/h2-7H,1H3,(H,15,16,19). The normalized spacial score (nSPS) is 11.4. The Bertz CT molecular complexity index is 993. The van der Waals surface area contributed by atoms with E-state index in [2.05, 4.69) is 15.0 Å². The van der Waals surface area contributed by atoms with E-state index in [-0.39, 0.29) is 5.56 Å². The molecular weight excluding hydrogens is 256 g/mol. The van der Waals surface area contributed by atoms with E-state index in [1.807, 2.05) is 19.1 Å². The number of H-pyrrole nitrogens is 1. The van der Waals surface area contributed by atoms with Crippen LogP contribution in [0.25, 0.3) is 27.8 Å². The summed E-state index contributed by atoms with van der Waals surface area (Å²) in [5.41, 5.74) is 2.85. The minimum absolute atomic E-state index is 0.188. The zero-order valence-corrected chi connectivity index (χ0v) is 10.6. The van der Waals surface area contributed by atoms with Crippen LogP contribution in [0.15, 0.2) is 46.3 Å². The van der Waals surface area contributed by atoms with E-state index in [0.717, 1.165) is 11.1 Å². The van der Waals surface area contributed by atoms with Gasteiger partial charge in [0.15, 0.2) is 0 Å². The number of nitrogens with one attached hydrogen (secondary N) is 1. The second-order valence-electron chi connectivity index (χ2n) is 4.58. The van der Waals surface area contributed by atoms with Gasteiger partial charge in [0, 0.05) is 5.56 Å². The molecule has 6 nitrogen and oxygen atoms in total. The van der Waals surface area contributed by atoms with Crippen molar-refractivity contribution in [3.8, 4) is 5.88 Å². The van der Waals surface area contributed by atoms with Gasteiger partial charge in [0.2, 0.25) is 5.88 Å². The molecule has 0 aliphatic heterocycles. The molecule has 0 fully saturated rings. The Kier molecular flexibility index (Phi) is 2.09. The zero-order valence-electron chi connectivity index (χ0n) is 10.6. The molecule has 0 saturated carbocycles. The van der Waals surface area contributed by atoms with Gasteiger partial charge in [-0.25, -0.2) is 9.97 Å². The predicted molar refractivity (Wildman–Crippen MR) is 74.0 cm³/mol. The number of benzene rings is 1.